The fourth-order valence-electron chi connectivity index (χ4n) is 1.92. The van der Waals surface area contributed by atoms with E-state index in [0.717, 1.165) is 5.56 Å². The lowest BCUT2D eigenvalue weighted by Gasteiger charge is -2.11. The number of amides is 1. The van der Waals surface area contributed by atoms with E-state index in [0.29, 0.717) is 17.0 Å². The Hall–Kier alpha value is -2.25. The highest BCUT2D eigenvalue weighted by molar-refractivity contribution is 7.80. The predicted octanol–water partition coefficient (Wildman–Crippen LogP) is 2.02. The molecule has 1 heterocycles. The molecule has 0 radical (unpaired) electrons. The first-order valence-electron chi connectivity index (χ1n) is 6.18. The summed E-state index contributed by atoms with van der Waals surface area (Å²) in [6.07, 6.45) is 0. The van der Waals surface area contributed by atoms with E-state index < -0.39 is 5.91 Å². The number of thiocarbonyl (C=S) groups is 1. The zero-order valence-corrected chi connectivity index (χ0v) is 12.5. The summed E-state index contributed by atoms with van der Waals surface area (Å²) in [5, 5.41) is 6.43. The summed E-state index contributed by atoms with van der Waals surface area (Å²) in [5.74, 6) is 0.0747. The molecule has 1 amide bonds. The number of aryl methyl sites for hydroxylation is 1. The fourth-order valence-corrected chi connectivity index (χ4v) is 2.19. The van der Waals surface area contributed by atoms with Crippen LogP contribution in [0.5, 0.6) is 0 Å². The van der Waals surface area contributed by atoms with Crippen molar-refractivity contribution >= 4 is 28.8 Å². The number of aromatic nitrogens is 1. The summed E-state index contributed by atoms with van der Waals surface area (Å²) in [6.45, 7) is 2.12. The minimum Gasteiger partial charge on any atom is -0.389 e. The number of ether oxygens (including phenoxy) is 1. The third-order valence-corrected chi connectivity index (χ3v) is 3.05. The SMILES string of the molecule is COCc1cc(C(=O)Nc2cccc(C)c2C(N)=S)no1. The van der Waals surface area contributed by atoms with Crippen LogP contribution >= 0.6 is 12.2 Å². The Balaban J connectivity index is 2.23. The number of hydrogen-bond acceptors (Lipinski definition) is 5. The van der Waals surface area contributed by atoms with Gasteiger partial charge >= 0.3 is 0 Å². The van der Waals surface area contributed by atoms with Crippen LogP contribution in [0.25, 0.3) is 0 Å². The van der Waals surface area contributed by atoms with Gasteiger partial charge in [-0.3, -0.25) is 4.79 Å². The number of benzene rings is 1. The number of rotatable bonds is 5. The maximum absolute atomic E-state index is 12.2. The maximum atomic E-state index is 12.2. The molecule has 6 nitrogen and oxygen atoms in total. The molecule has 0 aliphatic carbocycles. The summed E-state index contributed by atoms with van der Waals surface area (Å²) in [5.41, 5.74) is 7.94. The van der Waals surface area contributed by atoms with Gasteiger partial charge in [0.2, 0.25) is 0 Å². The predicted molar refractivity (Wildman–Crippen MR) is 82.2 cm³/mol. The standard InChI is InChI=1S/C14H15N3O3S/c1-8-4-3-5-10(12(8)13(15)21)16-14(18)11-6-9(7-19-2)20-17-11/h3-6H,7H2,1-2H3,(H2,15,21)(H,16,18). The molecule has 0 spiro atoms. The summed E-state index contributed by atoms with van der Waals surface area (Å²) < 4.78 is 9.89. The third-order valence-electron chi connectivity index (χ3n) is 2.85. The first-order valence-corrected chi connectivity index (χ1v) is 6.59. The molecule has 0 aliphatic heterocycles. The monoisotopic (exact) mass is 305 g/mol. The molecular weight excluding hydrogens is 290 g/mol. The van der Waals surface area contributed by atoms with Crippen molar-refractivity contribution in [3.63, 3.8) is 0 Å². The number of nitrogens with two attached hydrogens (primary N) is 1. The number of carbonyl (C=O) groups is 1. The van der Waals surface area contributed by atoms with Crippen molar-refractivity contribution in [2.75, 3.05) is 12.4 Å². The lowest BCUT2D eigenvalue weighted by atomic mass is 10.1. The molecule has 0 unspecified atom stereocenters. The van der Waals surface area contributed by atoms with Crippen molar-refractivity contribution in [3.8, 4) is 0 Å². The van der Waals surface area contributed by atoms with Gasteiger partial charge in [-0.2, -0.15) is 0 Å². The van der Waals surface area contributed by atoms with E-state index in [9.17, 15) is 4.79 Å². The van der Waals surface area contributed by atoms with Crippen LogP contribution in [0.4, 0.5) is 5.69 Å². The van der Waals surface area contributed by atoms with Crippen molar-refractivity contribution in [2.45, 2.75) is 13.5 Å². The summed E-state index contributed by atoms with van der Waals surface area (Å²) in [4.78, 5) is 12.4. The molecule has 0 bridgehead atoms. The van der Waals surface area contributed by atoms with Gasteiger partial charge in [0.1, 0.15) is 11.6 Å². The van der Waals surface area contributed by atoms with Crippen molar-refractivity contribution in [1.82, 2.24) is 5.16 Å². The highest BCUT2D eigenvalue weighted by Crippen LogP contribution is 2.20. The third kappa shape index (κ3) is 3.45. The summed E-state index contributed by atoms with van der Waals surface area (Å²) in [6, 6.07) is 6.94. The van der Waals surface area contributed by atoms with Crippen LogP contribution in [0.15, 0.2) is 28.8 Å². The van der Waals surface area contributed by atoms with E-state index in [4.69, 9.17) is 27.2 Å². The van der Waals surface area contributed by atoms with Crippen LogP contribution in [0, 0.1) is 6.92 Å². The number of nitrogens with zero attached hydrogens (tertiary/aromatic N) is 1. The Bertz CT molecular complexity index is 682. The lowest BCUT2D eigenvalue weighted by molar-refractivity contribution is 0.101. The Morgan fingerprint density at radius 2 is 2.29 bits per heavy atom. The maximum Gasteiger partial charge on any atom is 0.277 e. The van der Waals surface area contributed by atoms with Gasteiger partial charge in [0.05, 0.1) is 5.69 Å². The van der Waals surface area contributed by atoms with E-state index in [1.165, 1.54) is 13.2 Å². The van der Waals surface area contributed by atoms with Gasteiger partial charge in [-0.25, -0.2) is 0 Å². The molecule has 0 saturated carbocycles. The first kappa shape index (κ1) is 15.1. The van der Waals surface area contributed by atoms with Crippen LogP contribution in [0.3, 0.4) is 0 Å². The highest BCUT2D eigenvalue weighted by atomic mass is 32.1. The average Bonchev–Trinajstić information content (AvgIpc) is 2.87. The smallest absolute Gasteiger partial charge is 0.277 e. The van der Waals surface area contributed by atoms with E-state index in [1.54, 1.807) is 6.07 Å². The normalized spacial score (nSPS) is 10.4. The van der Waals surface area contributed by atoms with Gasteiger partial charge in [-0.05, 0) is 18.6 Å². The second-order valence-electron chi connectivity index (χ2n) is 4.43. The molecule has 110 valence electrons. The minimum atomic E-state index is -0.399. The van der Waals surface area contributed by atoms with Crippen LogP contribution in [0.2, 0.25) is 0 Å². The van der Waals surface area contributed by atoms with Gasteiger partial charge in [-0.15, -0.1) is 0 Å². The molecule has 3 N–H and O–H groups in total. The van der Waals surface area contributed by atoms with E-state index in [2.05, 4.69) is 10.5 Å². The number of methoxy groups -OCH3 is 1. The number of hydrogen-bond donors (Lipinski definition) is 2. The molecule has 0 atom stereocenters. The Labute approximate surface area is 127 Å². The van der Waals surface area contributed by atoms with Crippen molar-refractivity contribution in [1.29, 1.82) is 0 Å². The highest BCUT2D eigenvalue weighted by Gasteiger charge is 2.16. The summed E-state index contributed by atoms with van der Waals surface area (Å²) >= 11 is 5.02. The minimum absolute atomic E-state index is 0.164. The Morgan fingerprint density at radius 1 is 1.52 bits per heavy atom. The Kier molecular flexibility index (Phi) is 4.66. The Morgan fingerprint density at radius 3 is 2.95 bits per heavy atom. The second kappa shape index (κ2) is 6.47. The quantitative estimate of drug-likeness (QED) is 0.821. The van der Waals surface area contributed by atoms with Gasteiger partial charge in [0, 0.05) is 18.7 Å². The number of carbonyl (C=O) groups excluding carboxylic acids is 1. The molecular formula is C14H15N3O3S. The van der Waals surface area contributed by atoms with E-state index in [1.807, 2.05) is 19.1 Å². The van der Waals surface area contributed by atoms with Crippen molar-refractivity contribution in [2.24, 2.45) is 5.73 Å². The van der Waals surface area contributed by atoms with Crippen LogP contribution in [-0.2, 0) is 11.3 Å². The molecule has 0 aliphatic rings. The largest absolute Gasteiger partial charge is 0.389 e. The fraction of sp³-hybridized carbons (Fsp3) is 0.214. The summed E-state index contributed by atoms with van der Waals surface area (Å²) in [7, 11) is 1.53. The van der Waals surface area contributed by atoms with E-state index in [-0.39, 0.29) is 17.3 Å². The number of anilines is 1. The van der Waals surface area contributed by atoms with Crippen LogP contribution < -0.4 is 11.1 Å². The second-order valence-corrected chi connectivity index (χ2v) is 4.87. The van der Waals surface area contributed by atoms with Crippen LogP contribution in [0.1, 0.15) is 27.4 Å². The van der Waals surface area contributed by atoms with Crippen molar-refractivity contribution in [3.05, 3.63) is 46.8 Å². The topological polar surface area (TPSA) is 90.4 Å². The molecule has 1 aromatic carbocycles. The molecule has 0 fully saturated rings. The van der Waals surface area contributed by atoms with Crippen molar-refractivity contribution < 1.29 is 14.1 Å². The number of nitrogens with one attached hydrogen (secondary N) is 1. The van der Waals surface area contributed by atoms with Gasteiger partial charge < -0.3 is 20.3 Å². The average molecular weight is 305 g/mol. The molecule has 1 aromatic heterocycles. The molecule has 0 saturated heterocycles. The lowest BCUT2D eigenvalue weighted by Crippen LogP contribution is -2.18. The van der Waals surface area contributed by atoms with Gasteiger partial charge in [-0.1, -0.05) is 29.5 Å². The first-order chi connectivity index (χ1) is 10.0. The zero-order chi connectivity index (χ0) is 15.4. The van der Waals surface area contributed by atoms with Gasteiger partial charge in [0.15, 0.2) is 11.5 Å². The zero-order valence-electron chi connectivity index (χ0n) is 11.7. The molecule has 2 rings (SSSR count). The molecule has 2 aromatic rings. The molecule has 21 heavy (non-hydrogen) atoms. The van der Waals surface area contributed by atoms with Crippen LogP contribution in [-0.4, -0.2) is 23.2 Å². The van der Waals surface area contributed by atoms with Gasteiger partial charge in [0.25, 0.3) is 5.91 Å². The molecule has 7 heteroatoms. The van der Waals surface area contributed by atoms with E-state index >= 15 is 0 Å².